The molecule has 0 unspecified atom stereocenters. The molecule has 0 fully saturated rings. The molecule has 0 saturated carbocycles. The Kier molecular flexibility index (Phi) is 6.14. The maximum absolute atomic E-state index is 12.8. The van der Waals surface area contributed by atoms with E-state index in [4.69, 9.17) is 14.2 Å². The average Bonchev–Trinajstić information content (AvgIpc) is 2.66. The molecule has 3 rings (SSSR count). The molecular weight excluding hydrogens is 339 g/mol. The van der Waals surface area contributed by atoms with Crippen LogP contribution < -0.4 is 24.8 Å². The smallest absolute Gasteiger partial charge is 0.319 e. The van der Waals surface area contributed by atoms with Gasteiger partial charge >= 0.3 is 6.03 Å². The van der Waals surface area contributed by atoms with E-state index in [1.165, 1.54) is 12.1 Å². The van der Waals surface area contributed by atoms with Gasteiger partial charge in [-0.05, 0) is 49.2 Å². The van der Waals surface area contributed by atoms with E-state index < -0.39 is 0 Å². The van der Waals surface area contributed by atoms with Crippen molar-refractivity contribution in [2.75, 3.05) is 31.7 Å². The fraction of sp³-hybridized carbons (Fsp3) is 0.316. The van der Waals surface area contributed by atoms with Gasteiger partial charge in [0.2, 0.25) is 0 Å². The lowest BCUT2D eigenvalue weighted by atomic mass is 10.2. The summed E-state index contributed by atoms with van der Waals surface area (Å²) in [4.78, 5) is 11.9. The van der Waals surface area contributed by atoms with E-state index in [9.17, 15) is 9.18 Å². The van der Waals surface area contributed by atoms with E-state index >= 15 is 0 Å². The summed E-state index contributed by atoms with van der Waals surface area (Å²) in [6.45, 7) is 2.08. The van der Waals surface area contributed by atoms with E-state index in [0.29, 0.717) is 49.3 Å². The van der Waals surface area contributed by atoms with Crippen LogP contribution in [0.4, 0.5) is 14.9 Å². The third kappa shape index (κ3) is 5.27. The molecule has 0 spiro atoms. The number of rotatable bonds is 7. The van der Waals surface area contributed by atoms with Crippen LogP contribution in [0.2, 0.25) is 0 Å². The Hall–Kier alpha value is -2.96. The molecule has 138 valence electrons. The second-order valence-electron chi connectivity index (χ2n) is 5.75. The molecule has 26 heavy (non-hydrogen) atoms. The van der Waals surface area contributed by atoms with E-state index in [1.54, 1.807) is 30.3 Å². The molecule has 1 aliphatic rings. The Balaban J connectivity index is 1.31. The number of hydrogen-bond donors (Lipinski definition) is 2. The van der Waals surface area contributed by atoms with Crippen LogP contribution >= 0.6 is 0 Å². The van der Waals surface area contributed by atoms with Crippen LogP contribution in [0.25, 0.3) is 0 Å². The molecule has 0 radical (unpaired) electrons. The zero-order valence-electron chi connectivity index (χ0n) is 14.3. The zero-order chi connectivity index (χ0) is 18.2. The third-order valence-electron chi connectivity index (χ3n) is 3.74. The van der Waals surface area contributed by atoms with Crippen molar-refractivity contribution in [1.29, 1.82) is 0 Å². The zero-order valence-corrected chi connectivity index (χ0v) is 14.3. The van der Waals surface area contributed by atoms with Crippen LogP contribution in [0.3, 0.4) is 0 Å². The molecule has 2 amide bonds. The lowest BCUT2D eigenvalue weighted by Crippen LogP contribution is -2.29. The molecule has 2 N–H and O–H groups in total. The van der Waals surface area contributed by atoms with Crippen molar-refractivity contribution in [1.82, 2.24) is 5.32 Å². The molecule has 1 aliphatic heterocycles. The van der Waals surface area contributed by atoms with Crippen molar-refractivity contribution in [3.05, 3.63) is 48.3 Å². The number of carbonyl (C=O) groups is 1. The van der Waals surface area contributed by atoms with Crippen molar-refractivity contribution in [2.45, 2.75) is 12.8 Å². The van der Waals surface area contributed by atoms with Crippen molar-refractivity contribution >= 4 is 11.7 Å². The monoisotopic (exact) mass is 360 g/mol. The maximum Gasteiger partial charge on any atom is 0.319 e. The quantitative estimate of drug-likeness (QED) is 0.741. The molecule has 0 saturated heterocycles. The summed E-state index contributed by atoms with van der Waals surface area (Å²) in [7, 11) is 0. The maximum atomic E-state index is 12.8. The van der Waals surface area contributed by atoms with Gasteiger partial charge < -0.3 is 24.8 Å². The first kappa shape index (κ1) is 17.8. The summed E-state index contributed by atoms with van der Waals surface area (Å²) < 4.78 is 29.2. The minimum Gasteiger partial charge on any atom is -0.494 e. The number of hydrogen-bond acceptors (Lipinski definition) is 4. The number of benzene rings is 2. The largest absolute Gasteiger partial charge is 0.494 e. The molecule has 7 heteroatoms. The predicted molar refractivity (Wildman–Crippen MR) is 95.6 cm³/mol. The normalized spacial score (nSPS) is 12.3. The highest BCUT2D eigenvalue weighted by Crippen LogP contribution is 2.32. The van der Waals surface area contributed by atoms with Crippen molar-refractivity contribution in [3.63, 3.8) is 0 Å². The summed E-state index contributed by atoms with van der Waals surface area (Å²) in [5.74, 6) is 1.66. The van der Waals surface area contributed by atoms with Crippen molar-refractivity contribution in [3.8, 4) is 17.2 Å². The summed E-state index contributed by atoms with van der Waals surface area (Å²) in [6.07, 6.45) is 1.55. The lowest BCUT2D eigenvalue weighted by Gasteiger charge is -2.19. The summed E-state index contributed by atoms with van der Waals surface area (Å²) in [6, 6.07) is 10.9. The van der Waals surface area contributed by atoms with E-state index in [2.05, 4.69) is 10.6 Å². The number of fused-ring (bicyclic) bond motifs is 1. The number of unbranched alkanes of at least 4 members (excludes halogenated alkanes) is 1. The number of nitrogens with one attached hydrogen (secondary N) is 2. The van der Waals surface area contributed by atoms with Crippen LogP contribution in [0.5, 0.6) is 17.2 Å². The van der Waals surface area contributed by atoms with Crippen LogP contribution in [-0.4, -0.2) is 32.4 Å². The number of carbonyl (C=O) groups excluding carboxylic acids is 1. The van der Waals surface area contributed by atoms with Gasteiger partial charge in [0.05, 0.1) is 6.61 Å². The molecule has 6 nitrogen and oxygen atoms in total. The van der Waals surface area contributed by atoms with Gasteiger partial charge in [0.25, 0.3) is 0 Å². The van der Waals surface area contributed by atoms with Gasteiger partial charge in [-0.1, -0.05) is 0 Å². The Bertz CT molecular complexity index is 737. The topological polar surface area (TPSA) is 68.8 Å². The molecule has 2 aromatic rings. The van der Waals surface area contributed by atoms with Gasteiger partial charge in [-0.15, -0.1) is 0 Å². The number of urea groups is 1. The Morgan fingerprint density at radius 1 is 1.04 bits per heavy atom. The number of amides is 2. The van der Waals surface area contributed by atoms with Gasteiger partial charge in [0.15, 0.2) is 11.5 Å². The van der Waals surface area contributed by atoms with Crippen LogP contribution in [0.15, 0.2) is 42.5 Å². The minimum atomic E-state index is -0.287. The van der Waals surface area contributed by atoms with Gasteiger partial charge in [0.1, 0.15) is 24.8 Å². The molecule has 0 aromatic heterocycles. The summed E-state index contributed by atoms with van der Waals surface area (Å²) >= 11 is 0. The highest BCUT2D eigenvalue weighted by molar-refractivity contribution is 5.89. The molecule has 2 aromatic carbocycles. The Morgan fingerprint density at radius 2 is 1.81 bits per heavy atom. The van der Waals surface area contributed by atoms with Crippen LogP contribution in [0, 0.1) is 5.82 Å². The SMILES string of the molecule is O=C(NCCCCOc1ccc(F)cc1)Nc1ccc2c(c1)OCCO2. The fourth-order valence-corrected chi connectivity index (χ4v) is 2.45. The second-order valence-corrected chi connectivity index (χ2v) is 5.75. The van der Waals surface area contributed by atoms with Gasteiger partial charge in [-0.3, -0.25) is 0 Å². The molecule has 0 aliphatic carbocycles. The number of anilines is 1. The van der Waals surface area contributed by atoms with Crippen molar-refractivity contribution < 1.29 is 23.4 Å². The first-order valence-electron chi connectivity index (χ1n) is 8.53. The second kappa shape index (κ2) is 8.94. The van der Waals surface area contributed by atoms with E-state index in [1.807, 2.05) is 0 Å². The first-order valence-corrected chi connectivity index (χ1v) is 8.53. The lowest BCUT2D eigenvalue weighted by molar-refractivity contribution is 0.171. The number of ether oxygens (including phenoxy) is 3. The van der Waals surface area contributed by atoms with Gasteiger partial charge in [-0.2, -0.15) is 0 Å². The minimum absolute atomic E-state index is 0.277. The van der Waals surface area contributed by atoms with Crippen LogP contribution in [0.1, 0.15) is 12.8 Å². The molecule has 1 heterocycles. The van der Waals surface area contributed by atoms with Crippen LogP contribution in [-0.2, 0) is 0 Å². The highest BCUT2D eigenvalue weighted by atomic mass is 19.1. The van der Waals surface area contributed by atoms with Gasteiger partial charge in [0, 0.05) is 18.3 Å². The third-order valence-corrected chi connectivity index (χ3v) is 3.74. The molecular formula is C19H21FN2O4. The van der Waals surface area contributed by atoms with Crippen molar-refractivity contribution in [2.24, 2.45) is 0 Å². The Labute approximate surface area is 151 Å². The van der Waals surface area contributed by atoms with E-state index in [-0.39, 0.29) is 11.8 Å². The Morgan fingerprint density at radius 3 is 2.62 bits per heavy atom. The summed E-state index contributed by atoms with van der Waals surface area (Å²) in [5, 5.41) is 5.55. The summed E-state index contributed by atoms with van der Waals surface area (Å²) in [5.41, 5.74) is 0.645. The fourth-order valence-electron chi connectivity index (χ4n) is 2.45. The van der Waals surface area contributed by atoms with Gasteiger partial charge in [-0.25, -0.2) is 9.18 Å². The standard InChI is InChI=1S/C19H21FN2O4/c20-14-3-6-16(7-4-14)24-10-2-1-9-21-19(23)22-15-5-8-17-18(13-15)26-12-11-25-17/h3-8,13H,1-2,9-12H2,(H2,21,22,23). The molecule has 0 atom stereocenters. The number of halogens is 1. The predicted octanol–water partition coefficient (Wildman–Crippen LogP) is 3.58. The average molecular weight is 360 g/mol. The first-order chi connectivity index (χ1) is 12.7. The highest BCUT2D eigenvalue weighted by Gasteiger charge is 2.12. The van der Waals surface area contributed by atoms with E-state index in [0.717, 1.165) is 12.8 Å². The molecule has 0 bridgehead atoms.